The number of nitrogens with zero attached hydrogens (tertiary/aromatic N) is 1. The molecule has 9 rings (SSSR count). The lowest BCUT2D eigenvalue weighted by molar-refractivity contribution is 0.419. The zero-order valence-electron chi connectivity index (χ0n) is 27.3. The summed E-state index contributed by atoms with van der Waals surface area (Å²) in [5, 5.41) is 0. The highest BCUT2D eigenvalue weighted by Crippen LogP contribution is 2.54. The summed E-state index contributed by atoms with van der Waals surface area (Å²) in [4.78, 5) is 4.58. The second-order valence-corrected chi connectivity index (χ2v) is 14.0. The lowest BCUT2D eigenvalue weighted by Gasteiger charge is -2.37. The number of fused-ring (bicyclic) bond motifs is 4. The minimum absolute atomic E-state index is 0.225. The summed E-state index contributed by atoms with van der Waals surface area (Å²) in [6.07, 6.45) is 0. The number of hydrogen-bond donors (Lipinski definition) is 0. The third-order valence-electron chi connectivity index (χ3n) is 9.61. The molecule has 236 valence electrons. The highest BCUT2D eigenvalue weighted by atomic mass is 32.2. The molecule has 2 heterocycles. The van der Waals surface area contributed by atoms with E-state index in [1.165, 1.54) is 22.3 Å². The average Bonchev–Trinajstić information content (AvgIpc) is 3.15. The van der Waals surface area contributed by atoms with Crippen LogP contribution in [0.5, 0.6) is 23.0 Å². The van der Waals surface area contributed by atoms with Crippen molar-refractivity contribution in [1.29, 1.82) is 0 Å². The van der Waals surface area contributed by atoms with Gasteiger partial charge in [-0.05, 0) is 76.9 Å². The summed E-state index contributed by atoms with van der Waals surface area (Å²) in [6, 6.07) is 57.6. The Balaban J connectivity index is 1.15. The van der Waals surface area contributed by atoms with Crippen LogP contribution in [0.2, 0.25) is 0 Å². The van der Waals surface area contributed by atoms with Gasteiger partial charge in [-0.15, -0.1) is 0 Å². The standard InChI is InChI=1S/C45H33NO2S/c1-45(2)36-15-6-7-18-39(36)48-43-37(45)16-11-17-38(43)46(33-26-22-31(23-27-33)30-12-4-3-5-13-30)34-28-24-32(25-29-34)35-14-10-20-41-44(35)49-42-21-9-8-19-40(42)47-41/h3-29H,1-2H3. The summed E-state index contributed by atoms with van der Waals surface area (Å²) in [5.74, 6) is 3.58. The molecule has 4 heteroatoms. The van der Waals surface area contributed by atoms with Gasteiger partial charge >= 0.3 is 0 Å². The van der Waals surface area contributed by atoms with E-state index in [2.05, 4.69) is 164 Å². The van der Waals surface area contributed by atoms with Crippen molar-refractivity contribution in [3.05, 3.63) is 175 Å². The Morgan fingerprint density at radius 2 is 1.06 bits per heavy atom. The Morgan fingerprint density at radius 1 is 0.469 bits per heavy atom. The van der Waals surface area contributed by atoms with Gasteiger partial charge in [0.05, 0.1) is 15.5 Å². The van der Waals surface area contributed by atoms with Crippen LogP contribution >= 0.6 is 11.8 Å². The molecular weight excluding hydrogens is 619 g/mol. The molecule has 2 aliphatic heterocycles. The van der Waals surface area contributed by atoms with Crippen molar-refractivity contribution in [3.63, 3.8) is 0 Å². The van der Waals surface area contributed by atoms with Crippen LogP contribution in [0.3, 0.4) is 0 Å². The molecule has 2 aliphatic rings. The quantitative estimate of drug-likeness (QED) is 0.185. The van der Waals surface area contributed by atoms with Gasteiger partial charge in [0.1, 0.15) is 17.2 Å². The van der Waals surface area contributed by atoms with Crippen LogP contribution in [0.4, 0.5) is 17.1 Å². The van der Waals surface area contributed by atoms with E-state index >= 15 is 0 Å². The molecule has 0 spiro atoms. The highest BCUT2D eigenvalue weighted by molar-refractivity contribution is 7.99. The minimum Gasteiger partial charge on any atom is -0.455 e. The number of hydrogen-bond acceptors (Lipinski definition) is 4. The SMILES string of the molecule is CC1(C)c2ccccc2Oc2c(N(c3ccc(-c4ccccc4)cc3)c3ccc(-c4cccc5c4Sc4ccccc4O5)cc3)cccc21. The lowest BCUT2D eigenvalue weighted by Crippen LogP contribution is -2.25. The van der Waals surface area contributed by atoms with E-state index in [4.69, 9.17) is 9.47 Å². The molecule has 0 saturated heterocycles. The van der Waals surface area contributed by atoms with E-state index in [9.17, 15) is 0 Å². The van der Waals surface area contributed by atoms with Crippen molar-refractivity contribution in [2.24, 2.45) is 0 Å². The Kier molecular flexibility index (Phi) is 7.07. The maximum absolute atomic E-state index is 6.79. The fourth-order valence-corrected chi connectivity index (χ4v) is 8.14. The van der Waals surface area contributed by atoms with Crippen molar-refractivity contribution < 1.29 is 9.47 Å². The summed E-state index contributed by atoms with van der Waals surface area (Å²) < 4.78 is 13.1. The first-order valence-electron chi connectivity index (χ1n) is 16.6. The molecule has 3 nitrogen and oxygen atoms in total. The van der Waals surface area contributed by atoms with Gasteiger partial charge in [0.25, 0.3) is 0 Å². The first-order chi connectivity index (χ1) is 24.0. The molecule has 0 N–H and O–H groups in total. The van der Waals surface area contributed by atoms with E-state index in [-0.39, 0.29) is 5.41 Å². The summed E-state index contributed by atoms with van der Waals surface area (Å²) >= 11 is 1.77. The number of ether oxygens (including phenoxy) is 2. The van der Waals surface area contributed by atoms with Crippen molar-refractivity contribution in [2.75, 3.05) is 4.90 Å². The second kappa shape index (κ2) is 11.8. The van der Waals surface area contributed by atoms with Gasteiger partial charge in [0.15, 0.2) is 5.75 Å². The third kappa shape index (κ3) is 5.08. The fraction of sp³-hybridized carbons (Fsp3) is 0.0667. The number of benzene rings is 7. The number of para-hydroxylation sites is 3. The normalized spacial score (nSPS) is 13.5. The Labute approximate surface area is 291 Å². The highest BCUT2D eigenvalue weighted by Gasteiger charge is 2.36. The molecule has 0 unspecified atom stereocenters. The maximum Gasteiger partial charge on any atom is 0.155 e. The van der Waals surface area contributed by atoms with Crippen molar-refractivity contribution in [2.45, 2.75) is 29.1 Å². The van der Waals surface area contributed by atoms with Crippen LogP contribution < -0.4 is 14.4 Å². The van der Waals surface area contributed by atoms with Crippen LogP contribution in [-0.2, 0) is 5.41 Å². The van der Waals surface area contributed by atoms with Gasteiger partial charge in [0.2, 0.25) is 0 Å². The van der Waals surface area contributed by atoms with Crippen molar-refractivity contribution in [3.8, 4) is 45.3 Å². The fourth-order valence-electron chi connectivity index (χ4n) is 7.05. The van der Waals surface area contributed by atoms with E-state index in [1.54, 1.807) is 11.8 Å². The number of anilines is 3. The van der Waals surface area contributed by atoms with Gasteiger partial charge < -0.3 is 14.4 Å². The zero-order chi connectivity index (χ0) is 33.0. The smallest absolute Gasteiger partial charge is 0.155 e. The van der Waals surface area contributed by atoms with Crippen LogP contribution in [-0.4, -0.2) is 0 Å². The molecule has 0 bridgehead atoms. The van der Waals surface area contributed by atoms with Crippen molar-refractivity contribution >= 4 is 28.8 Å². The first kappa shape index (κ1) is 29.4. The van der Waals surface area contributed by atoms with Crippen LogP contribution in [0.15, 0.2) is 174 Å². The van der Waals surface area contributed by atoms with Crippen LogP contribution in [0.1, 0.15) is 25.0 Å². The molecule has 7 aromatic rings. The van der Waals surface area contributed by atoms with E-state index < -0.39 is 0 Å². The third-order valence-corrected chi connectivity index (χ3v) is 10.8. The minimum atomic E-state index is -0.225. The summed E-state index contributed by atoms with van der Waals surface area (Å²) in [7, 11) is 0. The van der Waals surface area contributed by atoms with Gasteiger partial charge in [-0.25, -0.2) is 0 Å². The summed E-state index contributed by atoms with van der Waals surface area (Å²) in [6.45, 7) is 4.57. The molecule has 49 heavy (non-hydrogen) atoms. The number of rotatable bonds is 5. The Hall–Kier alpha value is -5.71. The Bertz CT molecular complexity index is 2330. The molecule has 0 saturated carbocycles. The topological polar surface area (TPSA) is 21.7 Å². The van der Waals surface area contributed by atoms with E-state index in [1.807, 2.05) is 18.2 Å². The zero-order valence-corrected chi connectivity index (χ0v) is 28.1. The molecule has 0 aromatic heterocycles. The van der Waals surface area contributed by atoms with Gasteiger partial charge in [-0.2, -0.15) is 0 Å². The molecule has 0 radical (unpaired) electrons. The first-order valence-corrected chi connectivity index (χ1v) is 17.4. The predicted molar refractivity (Wildman–Crippen MR) is 201 cm³/mol. The average molecular weight is 652 g/mol. The van der Waals surface area contributed by atoms with Crippen LogP contribution in [0.25, 0.3) is 22.3 Å². The molecule has 7 aromatic carbocycles. The Morgan fingerprint density at radius 3 is 1.84 bits per heavy atom. The maximum atomic E-state index is 6.79. The largest absolute Gasteiger partial charge is 0.455 e. The van der Waals surface area contributed by atoms with Gasteiger partial charge in [-0.1, -0.05) is 135 Å². The molecule has 0 amide bonds. The monoisotopic (exact) mass is 651 g/mol. The molecule has 0 fully saturated rings. The van der Waals surface area contributed by atoms with Gasteiger partial charge in [0, 0.05) is 27.9 Å². The van der Waals surface area contributed by atoms with Crippen LogP contribution in [0, 0.1) is 0 Å². The lowest BCUT2D eigenvalue weighted by atomic mass is 9.75. The van der Waals surface area contributed by atoms with Gasteiger partial charge in [-0.3, -0.25) is 0 Å². The molecule has 0 aliphatic carbocycles. The predicted octanol–water partition coefficient (Wildman–Crippen LogP) is 13.2. The summed E-state index contributed by atoms with van der Waals surface area (Å²) in [5.41, 5.74) is 9.89. The van der Waals surface area contributed by atoms with E-state index in [0.29, 0.717) is 0 Å². The van der Waals surface area contributed by atoms with E-state index in [0.717, 1.165) is 61.0 Å². The second-order valence-electron chi connectivity index (χ2n) is 13.0. The van der Waals surface area contributed by atoms with Crippen molar-refractivity contribution in [1.82, 2.24) is 0 Å². The molecular formula is C45H33NO2S. The molecule has 0 atom stereocenters.